The van der Waals surface area contributed by atoms with Crippen LogP contribution in [0.1, 0.15) is 36.5 Å². The third kappa shape index (κ3) is 3.98. The second-order valence-corrected chi connectivity index (χ2v) is 5.73. The molecule has 1 amide bonds. The number of carbonyl (C=O) groups is 1. The molecule has 5 nitrogen and oxygen atoms in total. The number of rotatable bonds is 7. The van der Waals surface area contributed by atoms with Crippen molar-refractivity contribution in [3.05, 3.63) is 48.0 Å². The first-order valence-corrected chi connectivity index (χ1v) is 8.31. The highest BCUT2D eigenvalue weighted by molar-refractivity contribution is 6.04. The van der Waals surface area contributed by atoms with Crippen molar-refractivity contribution in [2.24, 2.45) is 0 Å². The predicted octanol–water partition coefficient (Wildman–Crippen LogP) is 4.27. The Morgan fingerprint density at radius 3 is 2.54 bits per heavy atom. The van der Waals surface area contributed by atoms with Crippen molar-refractivity contribution in [1.82, 2.24) is 0 Å². The number of unbranched alkanes of at least 4 members (excludes halogenated alkanes) is 2. The highest BCUT2D eigenvalue weighted by Gasteiger charge is 2.16. The Morgan fingerprint density at radius 2 is 1.75 bits per heavy atom. The SMILES string of the molecule is CCCCCNc1ccc(NC(=O)c2ccc3c(c2)OCO3)cc1. The van der Waals surface area contributed by atoms with Crippen LogP contribution in [-0.2, 0) is 0 Å². The number of carbonyl (C=O) groups excluding carboxylic acids is 1. The Labute approximate surface area is 142 Å². The van der Waals surface area contributed by atoms with Gasteiger partial charge >= 0.3 is 0 Å². The van der Waals surface area contributed by atoms with Gasteiger partial charge in [-0.25, -0.2) is 0 Å². The lowest BCUT2D eigenvalue weighted by Crippen LogP contribution is -2.11. The van der Waals surface area contributed by atoms with Gasteiger partial charge in [-0.1, -0.05) is 19.8 Å². The lowest BCUT2D eigenvalue weighted by atomic mass is 10.2. The smallest absolute Gasteiger partial charge is 0.255 e. The van der Waals surface area contributed by atoms with Gasteiger partial charge in [-0.3, -0.25) is 4.79 Å². The van der Waals surface area contributed by atoms with Crippen molar-refractivity contribution in [2.75, 3.05) is 24.0 Å². The summed E-state index contributed by atoms with van der Waals surface area (Å²) in [5, 5.41) is 6.27. The molecule has 0 spiro atoms. The number of anilines is 2. The number of nitrogens with one attached hydrogen (secondary N) is 2. The van der Waals surface area contributed by atoms with Gasteiger partial charge in [0.05, 0.1) is 0 Å². The molecule has 1 aliphatic rings. The zero-order chi connectivity index (χ0) is 16.8. The lowest BCUT2D eigenvalue weighted by molar-refractivity contribution is 0.102. The fraction of sp³-hybridized carbons (Fsp3) is 0.316. The topological polar surface area (TPSA) is 59.6 Å². The molecule has 0 bridgehead atoms. The largest absolute Gasteiger partial charge is 0.454 e. The molecule has 1 aliphatic heterocycles. The van der Waals surface area contributed by atoms with E-state index in [4.69, 9.17) is 9.47 Å². The van der Waals surface area contributed by atoms with Crippen molar-refractivity contribution >= 4 is 17.3 Å². The molecule has 2 aromatic carbocycles. The maximum absolute atomic E-state index is 12.3. The van der Waals surface area contributed by atoms with Crippen LogP contribution in [0.4, 0.5) is 11.4 Å². The molecule has 1 heterocycles. The quantitative estimate of drug-likeness (QED) is 0.746. The number of fused-ring (bicyclic) bond motifs is 1. The Bertz CT molecular complexity index is 698. The van der Waals surface area contributed by atoms with E-state index in [1.807, 2.05) is 24.3 Å². The van der Waals surface area contributed by atoms with Crippen LogP contribution in [0.5, 0.6) is 11.5 Å². The maximum atomic E-state index is 12.3. The third-order valence-corrected chi connectivity index (χ3v) is 3.89. The summed E-state index contributed by atoms with van der Waals surface area (Å²) in [7, 11) is 0. The van der Waals surface area contributed by atoms with Gasteiger partial charge in [0.1, 0.15) is 0 Å². The van der Waals surface area contributed by atoms with Crippen molar-refractivity contribution in [3.8, 4) is 11.5 Å². The third-order valence-electron chi connectivity index (χ3n) is 3.89. The summed E-state index contributed by atoms with van der Waals surface area (Å²) in [5.41, 5.74) is 2.37. The zero-order valence-electron chi connectivity index (χ0n) is 13.8. The molecular weight excluding hydrogens is 304 g/mol. The number of hydrogen-bond acceptors (Lipinski definition) is 4. The Hall–Kier alpha value is -2.69. The molecule has 0 fully saturated rings. The minimum atomic E-state index is -0.169. The summed E-state index contributed by atoms with van der Waals surface area (Å²) < 4.78 is 10.6. The zero-order valence-corrected chi connectivity index (χ0v) is 13.8. The Morgan fingerprint density at radius 1 is 1.00 bits per heavy atom. The van der Waals surface area contributed by atoms with Crippen LogP contribution in [0, 0.1) is 0 Å². The van der Waals surface area contributed by atoms with E-state index in [2.05, 4.69) is 17.6 Å². The molecule has 5 heteroatoms. The van der Waals surface area contributed by atoms with E-state index in [1.165, 1.54) is 19.3 Å². The molecule has 3 rings (SSSR count). The van der Waals surface area contributed by atoms with E-state index < -0.39 is 0 Å². The van der Waals surface area contributed by atoms with Crippen LogP contribution in [0.25, 0.3) is 0 Å². The fourth-order valence-electron chi connectivity index (χ4n) is 2.52. The van der Waals surface area contributed by atoms with E-state index >= 15 is 0 Å². The van der Waals surface area contributed by atoms with Crippen LogP contribution in [0.3, 0.4) is 0 Å². The molecule has 0 saturated carbocycles. The second kappa shape index (κ2) is 7.73. The van der Waals surface area contributed by atoms with Gasteiger partial charge in [-0.2, -0.15) is 0 Å². The number of amides is 1. The van der Waals surface area contributed by atoms with E-state index in [1.54, 1.807) is 18.2 Å². The minimum absolute atomic E-state index is 0.169. The van der Waals surface area contributed by atoms with E-state index in [0.29, 0.717) is 17.1 Å². The van der Waals surface area contributed by atoms with Crippen LogP contribution in [0.15, 0.2) is 42.5 Å². The van der Waals surface area contributed by atoms with Crippen LogP contribution in [-0.4, -0.2) is 19.2 Å². The van der Waals surface area contributed by atoms with Crippen LogP contribution < -0.4 is 20.1 Å². The van der Waals surface area contributed by atoms with Gasteiger partial charge in [-0.15, -0.1) is 0 Å². The molecule has 0 unspecified atom stereocenters. The number of benzene rings is 2. The highest BCUT2D eigenvalue weighted by Crippen LogP contribution is 2.32. The molecule has 0 atom stereocenters. The van der Waals surface area contributed by atoms with Gasteiger partial charge in [0.15, 0.2) is 11.5 Å². The second-order valence-electron chi connectivity index (χ2n) is 5.73. The monoisotopic (exact) mass is 326 g/mol. The summed E-state index contributed by atoms with van der Waals surface area (Å²) in [4.78, 5) is 12.3. The lowest BCUT2D eigenvalue weighted by Gasteiger charge is -2.09. The summed E-state index contributed by atoms with van der Waals surface area (Å²) in [5.74, 6) is 1.11. The molecule has 0 aromatic heterocycles. The number of hydrogen-bond donors (Lipinski definition) is 2. The molecular formula is C19H22N2O3. The Kier molecular flexibility index (Phi) is 5.21. The molecule has 0 aliphatic carbocycles. The average Bonchev–Trinajstić information content (AvgIpc) is 3.08. The van der Waals surface area contributed by atoms with Crippen LogP contribution >= 0.6 is 0 Å². The van der Waals surface area contributed by atoms with Crippen molar-refractivity contribution in [1.29, 1.82) is 0 Å². The first-order valence-electron chi connectivity index (χ1n) is 8.31. The van der Waals surface area contributed by atoms with E-state index in [9.17, 15) is 4.79 Å². The fourth-order valence-corrected chi connectivity index (χ4v) is 2.52. The molecule has 2 aromatic rings. The Balaban J connectivity index is 1.56. The molecule has 2 N–H and O–H groups in total. The molecule has 24 heavy (non-hydrogen) atoms. The van der Waals surface area contributed by atoms with Crippen molar-refractivity contribution in [3.63, 3.8) is 0 Å². The first kappa shape index (κ1) is 16.2. The van der Waals surface area contributed by atoms with Crippen molar-refractivity contribution < 1.29 is 14.3 Å². The van der Waals surface area contributed by atoms with Crippen LogP contribution in [0.2, 0.25) is 0 Å². The summed E-state index contributed by atoms with van der Waals surface area (Å²) in [6.07, 6.45) is 3.61. The van der Waals surface area contributed by atoms with Crippen molar-refractivity contribution in [2.45, 2.75) is 26.2 Å². The van der Waals surface area contributed by atoms with Gasteiger partial charge in [0.2, 0.25) is 6.79 Å². The first-order chi connectivity index (χ1) is 11.8. The van der Waals surface area contributed by atoms with Gasteiger partial charge in [-0.05, 0) is 48.9 Å². The predicted molar refractivity (Wildman–Crippen MR) is 95.0 cm³/mol. The minimum Gasteiger partial charge on any atom is -0.454 e. The summed E-state index contributed by atoms with van der Waals surface area (Å²) in [6, 6.07) is 12.9. The number of ether oxygens (including phenoxy) is 2. The van der Waals surface area contributed by atoms with E-state index in [-0.39, 0.29) is 12.7 Å². The van der Waals surface area contributed by atoms with Gasteiger partial charge in [0, 0.05) is 23.5 Å². The van der Waals surface area contributed by atoms with E-state index in [0.717, 1.165) is 17.9 Å². The maximum Gasteiger partial charge on any atom is 0.255 e. The molecule has 126 valence electrons. The van der Waals surface area contributed by atoms with Gasteiger partial charge < -0.3 is 20.1 Å². The standard InChI is InChI=1S/C19H22N2O3/c1-2-3-4-11-20-15-6-8-16(9-7-15)21-19(22)14-5-10-17-18(12-14)24-13-23-17/h5-10,12,20H,2-4,11,13H2,1H3,(H,21,22). The summed E-state index contributed by atoms with van der Waals surface area (Å²) >= 11 is 0. The molecule has 0 radical (unpaired) electrons. The molecule has 0 saturated heterocycles. The average molecular weight is 326 g/mol. The summed E-state index contributed by atoms with van der Waals surface area (Å²) in [6.45, 7) is 3.36. The normalized spacial score (nSPS) is 12.0. The van der Waals surface area contributed by atoms with Gasteiger partial charge in [0.25, 0.3) is 5.91 Å². The highest BCUT2D eigenvalue weighted by atomic mass is 16.7.